The van der Waals surface area contributed by atoms with Crippen LogP contribution >= 0.6 is 11.8 Å². The monoisotopic (exact) mass is 362 g/mol. The number of ether oxygens (including phenoxy) is 2. The molecule has 0 spiro atoms. The van der Waals surface area contributed by atoms with Crippen molar-refractivity contribution in [1.29, 1.82) is 0 Å². The Morgan fingerprint density at radius 1 is 1.20 bits per heavy atom. The van der Waals surface area contributed by atoms with E-state index in [0.717, 1.165) is 11.3 Å². The molecular weight excluding hydrogens is 343 g/mol. The van der Waals surface area contributed by atoms with E-state index in [2.05, 4.69) is 5.32 Å². The van der Waals surface area contributed by atoms with Crippen LogP contribution in [0.3, 0.4) is 0 Å². The van der Waals surface area contributed by atoms with E-state index < -0.39 is 5.82 Å². The molecule has 0 unspecified atom stereocenters. The lowest BCUT2D eigenvalue weighted by atomic mass is 10.1. The van der Waals surface area contributed by atoms with Crippen LogP contribution in [0.1, 0.15) is 10.9 Å². The maximum atomic E-state index is 13.8. The van der Waals surface area contributed by atoms with Gasteiger partial charge in [-0.3, -0.25) is 0 Å². The molecule has 1 aliphatic heterocycles. The average molecular weight is 362 g/mol. The Morgan fingerprint density at radius 2 is 2.00 bits per heavy atom. The molecule has 2 aromatic carbocycles. The molecule has 0 radical (unpaired) electrons. The molecule has 1 fully saturated rings. The highest BCUT2D eigenvalue weighted by Crippen LogP contribution is 2.45. The zero-order valence-electron chi connectivity index (χ0n) is 14.0. The van der Waals surface area contributed by atoms with Gasteiger partial charge in [0.15, 0.2) is 11.5 Å². The zero-order chi connectivity index (χ0) is 17.8. The van der Waals surface area contributed by atoms with Crippen molar-refractivity contribution in [3.8, 4) is 11.5 Å². The summed E-state index contributed by atoms with van der Waals surface area (Å²) in [5.74, 6) is 1.55. The number of amides is 2. The van der Waals surface area contributed by atoms with E-state index in [0.29, 0.717) is 18.0 Å². The molecule has 5 nitrogen and oxygen atoms in total. The fourth-order valence-electron chi connectivity index (χ4n) is 2.79. The molecule has 0 aromatic heterocycles. The van der Waals surface area contributed by atoms with Crippen molar-refractivity contribution < 1.29 is 18.7 Å². The van der Waals surface area contributed by atoms with Gasteiger partial charge in [-0.1, -0.05) is 24.3 Å². The third-order valence-corrected chi connectivity index (χ3v) is 5.21. The van der Waals surface area contributed by atoms with Gasteiger partial charge in [-0.25, -0.2) is 9.18 Å². The summed E-state index contributed by atoms with van der Waals surface area (Å²) in [4.78, 5) is 14.3. The summed E-state index contributed by atoms with van der Waals surface area (Å²) in [6, 6.07) is 11.4. The van der Waals surface area contributed by atoms with E-state index >= 15 is 0 Å². The molecule has 7 heteroatoms. The summed E-state index contributed by atoms with van der Waals surface area (Å²) < 4.78 is 24.6. The minimum absolute atomic E-state index is 0.167. The molecule has 1 saturated heterocycles. The van der Waals surface area contributed by atoms with Gasteiger partial charge in [0.2, 0.25) is 0 Å². The number of nitrogens with zero attached hydrogens (tertiary/aromatic N) is 1. The topological polar surface area (TPSA) is 50.8 Å². The smallest absolute Gasteiger partial charge is 0.323 e. The van der Waals surface area contributed by atoms with Crippen molar-refractivity contribution in [2.45, 2.75) is 5.37 Å². The predicted molar refractivity (Wildman–Crippen MR) is 96.9 cm³/mol. The number of para-hydroxylation sites is 2. The van der Waals surface area contributed by atoms with Crippen LogP contribution in [-0.4, -0.2) is 37.4 Å². The number of benzene rings is 2. The second-order valence-electron chi connectivity index (χ2n) is 5.41. The number of anilines is 1. The summed E-state index contributed by atoms with van der Waals surface area (Å²) in [5.41, 5.74) is 1.02. The Labute approximate surface area is 150 Å². The number of nitrogens with one attached hydrogen (secondary N) is 1. The van der Waals surface area contributed by atoms with E-state index in [4.69, 9.17) is 9.47 Å². The molecule has 1 heterocycles. The van der Waals surface area contributed by atoms with Gasteiger partial charge in [-0.05, 0) is 18.2 Å². The van der Waals surface area contributed by atoms with Crippen LogP contribution in [0, 0.1) is 5.82 Å². The first kappa shape index (κ1) is 17.4. The normalized spacial score (nSPS) is 16.6. The van der Waals surface area contributed by atoms with Crippen LogP contribution in [0.4, 0.5) is 14.9 Å². The summed E-state index contributed by atoms with van der Waals surface area (Å²) in [6.07, 6.45) is 0. The number of hydrogen-bond donors (Lipinski definition) is 1. The van der Waals surface area contributed by atoms with Crippen molar-refractivity contribution >= 4 is 23.5 Å². The number of urea groups is 1. The number of carbonyl (C=O) groups is 1. The van der Waals surface area contributed by atoms with Crippen LogP contribution in [0.15, 0.2) is 42.5 Å². The molecule has 25 heavy (non-hydrogen) atoms. The van der Waals surface area contributed by atoms with Crippen molar-refractivity contribution in [3.05, 3.63) is 53.8 Å². The highest BCUT2D eigenvalue weighted by atomic mass is 32.2. The molecule has 2 aromatic rings. The van der Waals surface area contributed by atoms with Gasteiger partial charge >= 0.3 is 6.03 Å². The van der Waals surface area contributed by atoms with Gasteiger partial charge in [0, 0.05) is 17.9 Å². The van der Waals surface area contributed by atoms with Crippen molar-refractivity contribution in [1.82, 2.24) is 4.90 Å². The molecule has 0 saturated carbocycles. The van der Waals surface area contributed by atoms with Crippen molar-refractivity contribution in [3.63, 3.8) is 0 Å². The van der Waals surface area contributed by atoms with Crippen molar-refractivity contribution in [2.75, 3.05) is 31.8 Å². The van der Waals surface area contributed by atoms with Crippen LogP contribution < -0.4 is 14.8 Å². The largest absolute Gasteiger partial charge is 0.493 e. The van der Waals surface area contributed by atoms with Gasteiger partial charge in [0.25, 0.3) is 0 Å². The Balaban J connectivity index is 1.86. The van der Waals surface area contributed by atoms with Crippen LogP contribution in [-0.2, 0) is 0 Å². The molecule has 1 aliphatic rings. The number of rotatable bonds is 4. The van der Waals surface area contributed by atoms with E-state index in [9.17, 15) is 9.18 Å². The summed E-state index contributed by atoms with van der Waals surface area (Å²) >= 11 is 1.63. The second kappa shape index (κ2) is 7.65. The lowest BCUT2D eigenvalue weighted by Gasteiger charge is -2.26. The second-order valence-corrected chi connectivity index (χ2v) is 6.60. The summed E-state index contributed by atoms with van der Waals surface area (Å²) in [7, 11) is 3.15. The van der Waals surface area contributed by atoms with Crippen LogP contribution in [0.2, 0.25) is 0 Å². The third-order valence-electron chi connectivity index (χ3n) is 3.97. The molecule has 0 bridgehead atoms. The highest BCUT2D eigenvalue weighted by molar-refractivity contribution is 7.99. The lowest BCUT2D eigenvalue weighted by molar-refractivity contribution is 0.213. The maximum Gasteiger partial charge on any atom is 0.323 e. The number of hydrogen-bond acceptors (Lipinski definition) is 4. The van der Waals surface area contributed by atoms with E-state index in [1.807, 2.05) is 18.2 Å². The first-order valence-corrected chi connectivity index (χ1v) is 8.85. The lowest BCUT2D eigenvalue weighted by Crippen LogP contribution is -2.34. The van der Waals surface area contributed by atoms with Gasteiger partial charge < -0.3 is 19.7 Å². The Kier molecular flexibility index (Phi) is 5.33. The first-order chi connectivity index (χ1) is 12.2. The SMILES string of the molecule is COc1cccc([C@@H]2SCCN2C(=O)Nc2ccccc2F)c1OC. The fraction of sp³-hybridized carbons (Fsp3) is 0.278. The van der Waals surface area contributed by atoms with E-state index in [-0.39, 0.29) is 17.1 Å². The number of thioether (sulfide) groups is 1. The third kappa shape index (κ3) is 3.51. The molecule has 3 rings (SSSR count). The number of halogens is 1. The van der Waals surface area contributed by atoms with Crippen LogP contribution in [0.5, 0.6) is 11.5 Å². The maximum absolute atomic E-state index is 13.8. The Morgan fingerprint density at radius 3 is 2.72 bits per heavy atom. The number of methoxy groups -OCH3 is 2. The summed E-state index contributed by atoms with van der Waals surface area (Å²) in [6.45, 7) is 0.565. The first-order valence-electron chi connectivity index (χ1n) is 7.80. The van der Waals surface area contributed by atoms with Gasteiger partial charge in [0.05, 0.1) is 19.9 Å². The zero-order valence-corrected chi connectivity index (χ0v) is 14.8. The average Bonchev–Trinajstić information content (AvgIpc) is 3.12. The van der Waals surface area contributed by atoms with E-state index in [1.165, 1.54) is 12.1 Å². The quantitative estimate of drug-likeness (QED) is 0.889. The summed E-state index contributed by atoms with van der Waals surface area (Å²) in [5, 5.41) is 2.42. The van der Waals surface area contributed by atoms with Gasteiger partial charge in [0.1, 0.15) is 11.2 Å². The highest BCUT2D eigenvalue weighted by Gasteiger charge is 2.33. The minimum atomic E-state index is -0.460. The standard InChI is InChI=1S/C18H19FN2O3S/c1-23-15-9-5-6-12(16(15)24-2)17-21(10-11-25-17)18(22)20-14-8-4-3-7-13(14)19/h3-9,17H,10-11H2,1-2H3,(H,20,22)/t17-/m0/s1. The van der Waals surface area contributed by atoms with Gasteiger partial charge in [-0.2, -0.15) is 0 Å². The molecule has 2 amide bonds. The van der Waals surface area contributed by atoms with E-state index in [1.54, 1.807) is 43.0 Å². The fourth-order valence-corrected chi connectivity index (χ4v) is 4.06. The molecule has 1 atom stereocenters. The Bertz CT molecular complexity index is 772. The Hall–Kier alpha value is -2.41. The van der Waals surface area contributed by atoms with Crippen molar-refractivity contribution in [2.24, 2.45) is 0 Å². The molecule has 132 valence electrons. The molecule has 1 N–H and O–H groups in total. The minimum Gasteiger partial charge on any atom is -0.493 e. The predicted octanol–water partition coefficient (Wildman–Crippen LogP) is 4.12. The molecular formula is C18H19FN2O3S. The van der Waals surface area contributed by atoms with Crippen LogP contribution in [0.25, 0.3) is 0 Å². The molecule has 0 aliphatic carbocycles. The number of carbonyl (C=O) groups excluding carboxylic acids is 1. The van der Waals surface area contributed by atoms with Gasteiger partial charge in [-0.15, -0.1) is 11.8 Å².